The highest BCUT2D eigenvalue weighted by atomic mass is 16.5. The molecular weight excluding hydrogens is 394 g/mol. The van der Waals surface area contributed by atoms with Crippen molar-refractivity contribution in [2.45, 2.75) is 13.1 Å². The molecule has 1 aliphatic rings. The molecule has 0 N–H and O–H groups in total. The molecule has 0 unspecified atom stereocenters. The summed E-state index contributed by atoms with van der Waals surface area (Å²) >= 11 is 0. The Kier molecular flexibility index (Phi) is 6.74. The number of ether oxygens (including phenoxy) is 3. The van der Waals surface area contributed by atoms with Gasteiger partial charge in [-0.25, -0.2) is 0 Å². The van der Waals surface area contributed by atoms with Gasteiger partial charge in [0.25, 0.3) is 0 Å². The fourth-order valence-electron chi connectivity index (χ4n) is 3.93. The van der Waals surface area contributed by atoms with Gasteiger partial charge in [0.2, 0.25) is 0 Å². The van der Waals surface area contributed by atoms with E-state index in [0.29, 0.717) is 0 Å². The Morgan fingerprint density at radius 1 is 0.774 bits per heavy atom. The summed E-state index contributed by atoms with van der Waals surface area (Å²) in [6.45, 7) is 5.63. The lowest BCUT2D eigenvalue weighted by Crippen LogP contribution is -2.45. The van der Waals surface area contributed by atoms with Crippen molar-refractivity contribution in [3.63, 3.8) is 0 Å². The smallest absolute Gasteiger partial charge is 0.161 e. The first kappa shape index (κ1) is 21.2. The molecule has 0 spiro atoms. The van der Waals surface area contributed by atoms with Gasteiger partial charge in [-0.15, -0.1) is 0 Å². The quantitative estimate of drug-likeness (QED) is 0.548. The van der Waals surface area contributed by atoms with Crippen LogP contribution in [0.2, 0.25) is 0 Å². The maximum absolute atomic E-state index is 5.60. The summed E-state index contributed by atoms with van der Waals surface area (Å²) in [5, 5.41) is 4.25. The van der Waals surface area contributed by atoms with Crippen molar-refractivity contribution in [1.82, 2.24) is 15.0 Å². The molecule has 0 bridgehead atoms. The van der Waals surface area contributed by atoms with Crippen LogP contribution >= 0.6 is 0 Å². The van der Waals surface area contributed by atoms with Gasteiger partial charge in [0, 0.05) is 44.4 Å². The number of rotatable bonds is 8. The lowest BCUT2D eigenvalue weighted by atomic mass is 10.1. The average Bonchev–Trinajstić information content (AvgIpc) is 3.28. The van der Waals surface area contributed by atoms with Crippen molar-refractivity contribution >= 4 is 0 Å². The van der Waals surface area contributed by atoms with Gasteiger partial charge in [0.05, 0.1) is 27.9 Å². The van der Waals surface area contributed by atoms with Crippen molar-refractivity contribution < 1.29 is 18.7 Å². The molecule has 1 aliphatic heterocycles. The second kappa shape index (κ2) is 9.85. The van der Waals surface area contributed by atoms with E-state index in [-0.39, 0.29) is 0 Å². The van der Waals surface area contributed by atoms with E-state index in [1.165, 1.54) is 5.56 Å². The fraction of sp³-hybridized carbons (Fsp3) is 0.375. The van der Waals surface area contributed by atoms with Crippen LogP contribution in [0.15, 0.2) is 53.1 Å². The molecular formula is C24H29N3O4. The van der Waals surface area contributed by atoms with E-state index in [1.807, 2.05) is 36.4 Å². The Bertz CT molecular complexity index is 996. The van der Waals surface area contributed by atoms with E-state index in [1.54, 1.807) is 21.3 Å². The second-order valence-electron chi connectivity index (χ2n) is 7.62. The summed E-state index contributed by atoms with van der Waals surface area (Å²) in [6.07, 6.45) is 0. The summed E-state index contributed by atoms with van der Waals surface area (Å²) < 4.78 is 21.8. The third kappa shape index (κ3) is 5.00. The van der Waals surface area contributed by atoms with E-state index in [4.69, 9.17) is 18.7 Å². The SMILES string of the molecule is COc1ccc(CN2CCN(Cc3cc(-c4ccccc4OC)no3)CC2)cc1OC. The third-order valence-electron chi connectivity index (χ3n) is 5.64. The lowest BCUT2D eigenvalue weighted by Gasteiger charge is -2.34. The molecule has 3 aromatic rings. The van der Waals surface area contributed by atoms with Gasteiger partial charge in [0.15, 0.2) is 17.3 Å². The topological polar surface area (TPSA) is 60.2 Å². The minimum absolute atomic E-state index is 0.756. The van der Waals surface area contributed by atoms with E-state index < -0.39 is 0 Å². The second-order valence-corrected chi connectivity index (χ2v) is 7.62. The monoisotopic (exact) mass is 423 g/mol. The summed E-state index contributed by atoms with van der Waals surface area (Å²) in [5.74, 6) is 3.20. The van der Waals surface area contributed by atoms with Crippen molar-refractivity contribution in [1.29, 1.82) is 0 Å². The van der Waals surface area contributed by atoms with E-state index in [9.17, 15) is 0 Å². The molecule has 0 aliphatic carbocycles. The molecule has 31 heavy (non-hydrogen) atoms. The average molecular weight is 424 g/mol. The van der Waals surface area contributed by atoms with Crippen molar-refractivity contribution in [3.05, 3.63) is 59.9 Å². The van der Waals surface area contributed by atoms with Gasteiger partial charge in [-0.2, -0.15) is 0 Å². The molecule has 7 heteroatoms. The Morgan fingerprint density at radius 3 is 2.16 bits per heavy atom. The van der Waals surface area contributed by atoms with Gasteiger partial charge in [-0.05, 0) is 29.8 Å². The highest BCUT2D eigenvalue weighted by molar-refractivity contribution is 5.66. The van der Waals surface area contributed by atoms with Gasteiger partial charge in [-0.1, -0.05) is 23.4 Å². The third-order valence-corrected chi connectivity index (χ3v) is 5.64. The predicted molar refractivity (Wildman–Crippen MR) is 119 cm³/mol. The molecule has 0 amide bonds. The highest BCUT2D eigenvalue weighted by Crippen LogP contribution is 2.30. The largest absolute Gasteiger partial charge is 0.496 e. The first-order valence-corrected chi connectivity index (χ1v) is 10.4. The molecule has 2 heterocycles. The normalized spacial score (nSPS) is 15.1. The molecule has 1 aromatic heterocycles. The van der Waals surface area contributed by atoms with Crippen LogP contribution in [0.3, 0.4) is 0 Å². The number of hydrogen-bond acceptors (Lipinski definition) is 7. The predicted octanol–water partition coefficient (Wildman–Crippen LogP) is 3.69. The van der Waals surface area contributed by atoms with Crippen LogP contribution in [0.5, 0.6) is 17.2 Å². The molecule has 7 nitrogen and oxygen atoms in total. The number of piperazine rings is 1. The first-order valence-electron chi connectivity index (χ1n) is 10.4. The standard InChI is InChI=1S/C24H29N3O4/c1-28-22-7-5-4-6-20(22)21-15-19(31-25-21)17-27-12-10-26(11-13-27)16-18-8-9-23(29-2)24(14-18)30-3/h4-9,14-15H,10-13,16-17H2,1-3H3. The molecule has 1 fully saturated rings. The lowest BCUT2D eigenvalue weighted by molar-refractivity contribution is 0.113. The van der Waals surface area contributed by atoms with Crippen molar-refractivity contribution in [3.8, 4) is 28.5 Å². The molecule has 2 aromatic carbocycles. The highest BCUT2D eigenvalue weighted by Gasteiger charge is 2.20. The van der Waals surface area contributed by atoms with E-state index >= 15 is 0 Å². The fourth-order valence-corrected chi connectivity index (χ4v) is 3.93. The number of benzene rings is 2. The van der Waals surface area contributed by atoms with Crippen LogP contribution in [0.1, 0.15) is 11.3 Å². The molecule has 164 valence electrons. The van der Waals surface area contributed by atoms with E-state index in [2.05, 4.69) is 27.1 Å². The molecule has 4 rings (SSSR count). The zero-order chi connectivity index (χ0) is 21.6. The van der Waals surface area contributed by atoms with Crippen LogP contribution < -0.4 is 14.2 Å². The van der Waals surface area contributed by atoms with Gasteiger partial charge < -0.3 is 18.7 Å². The Balaban J connectivity index is 1.31. The minimum Gasteiger partial charge on any atom is -0.496 e. The van der Waals surface area contributed by atoms with Gasteiger partial charge in [0.1, 0.15) is 11.4 Å². The zero-order valence-corrected chi connectivity index (χ0v) is 18.3. The van der Waals surface area contributed by atoms with Crippen molar-refractivity contribution in [2.24, 2.45) is 0 Å². The molecule has 0 saturated carbocycles. The Hall–Kier alpha value is -3.03. The van der Waals surface area contributed by atoms with Gasteiger partial charge >= 0.3 is 0 Å². The van der Waals surface area contributed by atoms with Crippen LogP contribution in [0, 0.1) is 0 Å². The van der Waals surface area contributed by atoms with Crippen LogP contribution in [0.4, 0.5) is 0 Å². The maximum atomic E-state index is 5.60. The van der Waals surface area contributed by atoms with E-state index in [0.717, 1.165) is 73.5 Å². The number of methoxy groups -OCH3 is 3. The minimum atomic E-state index is 0.756. The maximum Gasteiger partial charge on any atom is 0.161 e. The molecule has 1 saturated heterocycles. The summed E-state index contributed by atoms with van der Waals surface area (Å²) in [7, 11) is 5.00. The molecule has 0 atom stereocenters. The number of para-hydroxylation sites is 1. The Morgan fingerprint density at radius 2 is 1.45 bits per heavy atom. The number of aromatic nitrogens is 1. The van der Waals surface area contributed by atoms with Crippen LogP contribution in [0.25, 0.3) is 11.3 Å². The number of nitrogens with zero attached hydrogens (tertiary/aromatic N) is 3. The van der Waals surface area contributed by atoms with Crippen LogP contribution in [-0.2, 0) is 13.1 Å². The summed E-state index contributed by atoms with van der Waals surface area (Å²) in [5.41, 5.74) is 2.97. The first-order chi connectivity index (χ1) is 15.2. The Labute approximate surface area is 183 Å². The summed E-state index contributed by atoms with van der Waals surface area (Å²) in [6, 6.07) is 16.0. The van der Waals surface area contributed by atoms with Crippen molar-refractivity contribution in [2.75, 3.05) is 47.5 Å². The summed E-state index contributed by atoms with van der Waals surface area (Å²) in [4.78, 5) is 4.86. The zero-order valence-electron chi connectivity index (χ0n) is 18.3. The number of hydrogen-bond donors (Lipinski definition) is 0. The van der Waals surface area contributed by atoms with Gasteiger partial charge in [-0.3, -0.25) is 9.80 Å². The molecule has 0 radical (unpaired) electrons. The van der Waals surface area contributed by atoms with Crippen LogP contribution in [-0.4, -0.2) is 62.5 Å².